The normalized spacial score (nSPS) is 11.3. The second-order valence-electron chi connectivity index (χ2n) is 3.04. The minimum Gasteiger partial charge on any atom is -0.369 e. The van der Waals surface area contributed by atoms with Crippen molar-refractivity contribution in [1.29, 1.82) is 5.26 Å². The van der Waals surface area contributed by atoms with Crippen LogP contribution in [0.25, 0.3) is 0 Å². The Bertz CT molecular complexity index is 178. The Hall–Kier alpha value is -1.24. The summed E-state index contributed by atoms with van der Waals surface area (Å²) in [6, 6.07) is 0. The minimum atomic E-state index is 0.209. The first-order valence-electron chi connectivity index (χ1n) is 4.12. The number of nitrogens with one attached hydrogen (secondary N) is 1. The molecule has 0 unspecified atom stereocenters. The average molecular weight is 168 g/mol. The monoisotopic (exact) mass is 168 g/mol. The molecule has 0 aromatic heterocycles. The van der Waals surface area contributed by atoms with E-state index in [1.54, 1.807) is 6.19 Å². The lowest BCUT2D eigenvalue weighted by Gasteiger charge is -2.01. The van der Waals surface area contributed by atoms with Crippen molar-refractivity contribution in [3.05, 3.63) is 0 Å². The van der Waals surface area contributed by atoms with E-state index in [2.05, 4.69) is 24.2 Å². The molecule has 0 heterocycles. The summed E-state index contributed by atoms with van der Waals surface area (Å²) in [6.07, 6.45) is 3.87. The van der Waals surface area contributed by atoms with Crippen LogP contribution in [-0.2, 0) is 0 Å². The molecule has 0 aliphatic rings. The fourth-order valence-electron chi connectivity index (χ4n) is 0.796. The van der Waals surface area contributed by atoms with Gasteiger partial charge in [0.25, 0.3) is 0 Å². The van der Waals surface area contributed by atoms with Crippen molar-refractivity contribution in [2.45, 2.75) is 26.7 Å². The van der Waals surface area contributed by atoms with Gasteiger partial charge in [-0.3, -0.25) is 10.3 Å². The van der Waals surface area contributed by atoms with E-state index >= 15 is 0 Å². The molecule has 0 aliphatic heterocycles. The topological polar surface area (TPSA) is 74.2 Å². The first kappa shape index (κ1) is 10.8. The third-order valence-electron chi connectivity index (χ3n) is 1.41. The standard InChI is InChI=1S/C8H16N4/c1-7(2)4-3-5-11-8(10)12-6-9/h7H,3-5H2,1-2H3,(H3,10,11,12). The Morgan fingerprint density at radius 2 is 2.33 bits per heavy atom. The summed E-state index contributed by atoms with van der Waals surface area (Å²) in [5.41, 5.74) is 5.32. The molecule has 4 nitrogen and oxygen atoms in total. The smallest absolute Gasteiger partial charge is 0.202 e. The Morgan fingerprint density at radius 1 is 1.67 bits per heavy atom. The fraction of sp³-hybridized carbons (Fsp3) is 0.750. The van der Waals surface area contributed by atoms with Crippen LogP contribution < -0.4 is 11.1 Å². The molecule has 0 saturated heterocycles. The van der Waals surface area contributed by atoms with E-state index in [9.17, 15) is 0 Å². The lowest BCUT2D eigenvalue weighted by atomic mass is 10.1. The summed E-state index contributed by atoms with van der Waals surface area (Å²) in [5.74, 6) is 0.909. The number of nitrogens with zero attached hydrogens (tertiary/aromatic N) is 2. The zero-order chi connectivity index (χ0) is 9.40. The van der Waals surface area contributed by atoms with Crippen LogP contribution in [-0.4, -0.2) is 12.5 Å². The Balaban J connectivity index is 3.41. The highest BCUT2D eigenvalue weighted by atomic mass is 15.1. The van der Waals surface area contributed by atoms with Gasteiger partial charge in [0.15, 0.2) is 6.19 Å². The molecule has 4 heteroatoms. The summed E-state index contributed by atoms with van der Waals surface area (Å²) in [5, 5.41) is 10.4. The number of nitrogens with two attached hydrogens (primary N) is 1. The molecule has 0 aliphatic carbocycles. The van der Waals surface area contributed by atoms with Gasteiger partial charge < -0.3 is 5.73 Å². The molecule has 3 N–H and O–H groups in total. The van der Waals surface area contributed by atoms with Gasteiger partial charge in [-0.15, -0.1) is 0 Å². The van der Waals surface area contributed by atoms with Crippen LogP contribution in [0.3, 0.4) is 0 Å². The van der Waals surface area contributed by atoms with Crippen LogP contribution in [0.4, 0.5) is 0 Å². The Labute approximate surface area is 73.5 Å². The molecule has 12 heavy (non-hydrogen) atoms. The van der Waals surface area contributed by atoms with Crippen molar-refractivity contribution < 1.29 is 0 Å². The summed E-state index contributed by atoms with van der Waals surface area (Å²) < 4.78 is 0. The molecule has 0 aromatic rings. The van der Waals surface area contributed by atoms with E-state index in [4.69, 9.17) is 11.0 Å². The molecule has 0 atom stereocenters. The fourth-order valence-corrected chi connectivity index (χ4v) is 0.796. The molecule has 0 spiro atoms. The number of nitriles is 1. The van der Waals surface area contributed by atoms with E-state index in [-0.39, 0.29) is 5.96 Å². The summed E-state index contributed by atoms with van der Waals surface area (Å²) in [4.78, 5) is 3.95. The zero-order valence-corrected chi connectivity index (χ0v) is 7.67. The van der Waals surface area contributed by atoms with Gasteiger partial charge in [0, 0.05) is 6.54 Å². The lowest BCUT2D eigenvalue weighted by molar-refractivity contribution is 0.561. The van der Waals surface area contributed by atoms with Crippen molar-refractivity contribution in [3.8, 4) is 6.19 Å². The molecule has 0 bridgehead atoms. The van der Waals surface area contributed by atoms with Gasteiger partial charge in [0.05, 0.1) is 0 Å². The second-order valence-corrected chi connectivity index (χ2v) is 3.04. The van der Waals surface area contributed by atoms with Crippen molar-refractivity contribution in [2.24, 2.45) is 16.6 Å². The first-order chi connectivity index (χ1) is 5.66. The van der Waals surface area contributed by atoms with E-state index < -0.39 is 0 Å². The zero-order valence-electron chi connectivity index (χ0n) is 7.67. The quantitative estimate of drug-likeness (QED) is 0.214. The van der Waals surface area contributed by atoms with Crippen molar-refractivity contribution in [1.82, 2.24) is 5.32 Å². The first-order valence-corrected chi connectivity index (χ1v) is 4.12. The predicted molar refractivity (Wildman–Crippen MR) is 49.3 cm³/mol. The molecule has 0 aromatic carbocycles. The maximum atomic E-state index is 8.16. The molecular weight excluding hydrogens is 152 g/mol. The summed E-state index contributed by atoms with van der Waals surface area (Å²) >= 11 is 0. The number of rotatable bonds is 4. The van der Waals surface area contributed by atoms with Crippen molar-refractivity contribution in [3.63, 3.8) is 0 Å². The van der Waals surface area contributed by atoms with Gasteiger partial charge in [-0.25, -0.2) is 0 Å². The lowest BCUT2D eigenvalue weighted by Crippen LogP contribution is -2.27. The van der Waals surface area contributed by atoms with Crippen LogP contribution in [0, 0.1) is 17.4 Å². The highest BCUT2D eigenvalue weighted by Crippen LogP contribution is 2.02. The molecular formula is C8H16N4. The number of aliphatic imine (C=N–C) groups is 1. The predicted octanol–water partition coefficient (Wildman–Crippen LogP) is 0.808. The van der Waals surface area contributed by atoms with Gasteiger partial charge >= 0.3 is 0 Å². The average Bonchev–Trinajstić information content (AvgIpc) is 1.98. The van der Waals surface area contributed by atoms with Crippen molar-refractivity contribution >= 4 is 5.96 Å². The third-order valence-corrected chi connectivity index (χ3v) is 1.41. The van der Waals surface area contributed by atoms with Gasteiger partial charge in [0.2, 0.25) is 5.96 Å². The van der Waals surface area contributed by atoms with Gasteiger partial charge in [-0.1, -0.05) is 13.8 Å². The maximum Gasteiger partial charge on any atom is 0.202 e. The highest BCUT2D eigenvalue weighted by Gasteiger charge is 1.93. The largest absolute Gasteiger partial charge is 0.369 e. The van der Waals surface area contributed by atoms with Gasteiger partial charge in [-0.2, -0.15) is 5.26 Å². The summed E-state index contributed by atoms with van der Waals surface area (Å²) in [7, 11) is 0. The maximum absolute atomic E-state index is 8.16. The molecule has 68 valence electrons. The van der Waals surface area contributed by atoms with Gasteiger partial charge in [-0.05, 0) is 18.8 Å². The molecule has 0 fully saturated rings. The summed E-state index contributed by atoms with van der Waals surface area (Å²) in [6.45, 7) is 5.03. The number of guanidine groups is 1. The van der Waals surface area contributed by atoms with Crippen LogP contribution in [0.15, 0.2) is 4.99 Å². The molecule has 0 rings (SSSR count). The van der Waals surface area contributed by atoms with E-state index in [1.807, 2.05) is 0 Å². The Kier molecular flexibility index (Phi) is 5.80. The number of hydrogen-bond acceptors (Lipinski definition) is 2. The van der Waals surface area contributed by atoms with Crippen LogP contribution in [0.1, 0.15) is 26.7 Å². The second kappa shape index (κ2) is 6.47. The highest BCUT2D eigenvalue weighted by molar-refractivity contribution is 5.79. The van der Waals surface area contributed by atoms with E-state index in [0.717, 1.165) is 12.8 Å². The van der Waals surface area contributed by atoms with E-state index in [1.165, 1.54) is 0 Å². The minimum absolute atomic E-state index is 0.209. The Morgan fingerprint density at radius 3 is 2.83 bits per heavy atom. The van der Waals surface area contributed by atoms with Crippen LogP contribution in [0.2, 0.25) is 0 Å². The van der Waals surface area contributed by atoms with Crippen molar-refractivity contribution in [2.75, 3.05) is 6.54 Å². The van der Waals surface area contributed by atoms with Crippen LogP contribution >= 0.6 is 0 Å². The van der Waals surface area contributed by atoms with E-state index in [0.29, 0.717) is 12.5 Å². The molecule has 0 saturated carbocycles. The molecule has 0 radical (unpaired) electrons. The number of hydrogen-bond donors (Lipinski definition) is 2. The molecule has 0 amide bonds. The third kappa shape index (κ3) is 6.87. The van der Waals surface area contributed by atoms with Crippen LogP contribution in [0.5, 0.6) is 0 Å². The van der Waals surface area contributed by atoms with Gasteiger partial charge in [0.1, 0.15) is 0 Å². The SMILES string of the molecule is CC(C)CCCN=C(N)NC#N.